The zero-order chi connectivity index (χ0) is 16.9. The fourth-order valence-electron chi connectivity index (χ4n) is 2.08. The van der Waals surface area contributed by atoms with Crippen LogP contribution in [0.5, 0.6) is 0 Å². The molecule has 0 heterocycles. The summed E-state index contributed by atoms with van der Waals surface area (Å²) in [6.45, 7) is 4.27. The molecule has 1 aromatic rings. The molecule has 0 aromatic heterocycles. The number of rotatable bonds is 7. The van der Waals surface area contributed by atoms with Crippen molar-refractivity contribution in [3.8, 4) is 0 Å². The minimum Gasteiger partial charge on any atom is -0.378 e. The second-order valence-corrected chi connectivity index (χ2v) is 6.96. The Hall–Kier alpha value is -1.26. The fourth-order valence-corrected chi connectivity index (χ4v) is 2.20. The molecule has 0 aliphatic carbocycles. The van der Waals surface area contributed by atoms with Gasteiger partial charge in [0.05, 0.1) is 11.5 Å². The lowest BCUT2D eigenvalue weighted by Crippen LogP contribution is -2.42. The van der Waals surface area contributed by atoms with Gasteiger partial charge in [-0.1, -0.05) is 12.1 Å². The van der Waals surface area contributed by atoms with Crippen LogP contribution in [0.25, 0.3) is 0 Å². The third-order valence-electron chi connectivity index (χ3n) is 3.82. The fraction of sp³-hybridized carbons (Fsp3) is 0.588. The Morgan fingerprint density at radius 1 is 1.18 bits per heavy atom. The Morgan fingerprint density at radius 3 is 2.14 bits per heavy atom. The van der Waals surface area contributed by atoms with E-state index in [1.165, 1.54) is 5.56 Å². The number of hydrogen-bond acceptors (Lipinski definition) is 3. The van der Waals surface area contributed by atoms with Crippen molar-refractivity contribution in [2.24, 2.45) is 5.41 Å². The van der Waals surface area contributed by atoms with Crippen molar-refractivity contribution in [1.29, 1.82) is 0 Å². The standard InChI is InChI=1S/C17H28ClN3O/c1-17(2,12-18)16(22)19-11-15(21(5)6)13-7-9-14(10-8-13)20(3)4/h7-10,15H,11-12H2,1-6H3,(H,19,22)/t15-/m0/s1. The lowest BCUT2D eigenvalue weighted by molar-refractivity contribution is -0.128. The van der Waals surface area contributed by atoms with Gasteiger partial charge in [-0.2, -0.15) is 0 Å². The van der Waals surface area contributed by atoms with Crippen molar-refractivity contribution >= 4 is 23.2 Å². The molecule has 0 saturated heterocycles. The molecule has 124 valence electrons. The first kappa shape index (κ1) is 18.8. The number of anilines is 1. The molecule has 0 fully saturated rings. The second-order valence-electron chi connectivity index (χ2n) is 6.69. The summed E-state index contributed by atoms with van der Waals surface area (Å²) in [6.07, 6.45) is 0. The van der Waals surface area contributed by atoms with Crippen LogP contribution in [0.2, 0.25) is 0 Å². The summed E-state index contributed by atoms with van der Waals surface area (Å²) in [6, 6.07) is 8.54. The molecule has 1 rings (SSSR count). The number of carbonyl (C=O) groups is 1. The maximum Gasteiger partial charge on any atom is 0.226 e. The Labute approximate surface area is 139 Å². The van der Waals surface area contributed by atoms with Gasteiger partial charge in [-0.05, 0) is 45.6 Å². The van der Waals surface area contributed by atoms with E-state index in [2.05, 4.69) is 39.4 Å². The Kier molecular flexibility index (Phi) is 6.69. The molecule has 1 aromatic carbocycles. The lowest BCUT2D eigenvalue weighted by Gasteiger charge is -2.28. The average Bonchev–Trinajstić information content (AvgIpc) is 2.47. The third kappa shape index (κ3) is 4.89. The number of nitrogens with one attached hydrogen (secondary N) is 1. The third-order valence-corrected chi connectivity index (χ3v) is 4.49. The maximum atomic E-state index is 12.2. The number of benzene rings is 1. The first-order valence-electron chi connectivity index (χ1n) is 7.47. The van der Waals surface area contributed by atoms with E-state index in [4.69, 9.17) is 11.6 Å². The van der Waals surface area contributed by atoms with Crippen LogP contribution in [0.15, 0.2) is 24.3 Å². The molecule has 0 unspecified atom stereocenters. The van der Waals surface area contributed by atoms with Gasteiger partial charge in [0.2, 0.25) is 5.91 Å². The minimum absolute atomic E-state index is 0.0146. The smallest absolute Gasteiger partial charge is 0.226 e. The number of halogens is 1. The highest BCUT2D eigenvalue weighted by molar-refractivity contribution is 6.19. The van der Waals surface area contributed by atoms with E-state index in [0.29, 0.717) is 12.4 Å². The first-order chi connectivity index (χ1) is 10.2. The summed E-state index contributed by atoms with van der Waals surface area (Å²) in [4.78, 5) is 16.4. The predicted octanol–water partition coefficient (Wildman–Crippen LogP) is 2.74. The van der Waals surface area contributed by atoms with Gasteiger partial charge in [-0.15, -0.1) is 11.6 Å². The van der Waals surface area contributed by atoms with Crippen LogP contribution in [0.1, 0.15) is 25.5 Å². The summed E-state index contributed by atoms with van der Waals surface area (Å²) >= 11 is 5.85. The topological polar surface area (TPSA) is 35.6 Å². The van der Waals surface area contributed by atoms with Crippen molar-refractivity contribution in [2.75, 3.05) is 45.5 Å². The average molecular weight is 326 g/mol. The van der Waals surface area contributed by atoms with Gasteiger partial charge in [0.25, 0.3) is 0 Å². The largest absolute Gasteiger partial charge is 0.378 e. The van der Waals surface area contributed by atoms with E-state index in [1.807, 2.05) is 42.0 Å². The van der Waals surface area contributed by atoms with Crippen molar-refractivity contribution in [2.45, 2.75) is 19.9 Å². The van der Waals surface area contributed by atoms with Crippen molar-refractivity contribution < 1.29 is 4.79 Å². The minimum atomic E-state index is -0.548. The molecule has 5 heteroatoms. The highest BCUT2D eigenvalue weighted by Crippen LogP contribution is 2.22. The number of carbonyl (C=O) groups excluding carboxylic acids is 1. The molecule has 22 heavy (non-hydrogen) atoms. The number of likely N-dealkylation sites (N-methyl/N-ethyl adjacent to an activating group) is 1. The molecule has 1 amide bonds. The molecule has 0 aliphatic heterocycles. The summed E-state index contributed by atoms with van der Waals surface area (Å²) in [5.74, 6) is 0.294. The molecule has 4 nitrogen and oxygen atoms in total. The molecule has 0 bridgehead atoms. The van der Waals surface area contributed by atoms with E-state index in [9.17, 15) is 4.79 Å². The molecular formula is C17H28ClN3O. The van der Waals surface area contributed by atoms with Gasteiger partial charge in [-0.25, -0.2) is 0 Å². The number of amides is 1. The van der Waals surface area contributed by atoms with Crippen LogP contribution in [0.3, 0.4) is 0 Å². The van der Waals surface area contributed by atoms with Gasteiger partial charge >= 0.3 is 0 Å². The van der Waals surface area contributed by atoms with Gasteiger partial charge in [0, 0.05) is 32.2 Å². The number of alkyl halides is 1. The van der Waals surface area contributed by atoms with Crippen LogP contribution < -0.4 is 10.2 Å². The Morgan fingerprint density at radius 2 is 1.73 bits per heavy atom. The zero-order valence-electron chi connectivity index (χ0n) is 14.5. The van der Waals surface area contributed by atoms with Crippen molar-refractivity contribution in [3.63, 3.8) is 0 Å². The van der Waals surface area contributed by atoms with Crippen LogP contribution in [0.4, 0.5) is 5.69 Å². The monoisotopic (exact) mass is 325 g/mol. The molecule has 1 N–H and O–H groups in total. The van der Waals surface area contributed by atoms with Gasteiger partial charge < -0.3 is 15.1 Å². The molecule has 0 aliphatic rings. The second kappa shape index (κ2) is 7.84. The highest BCUT2D eigenvalue weighted by atomic mass is 35.5. The first-order valence-corrected chi connectivity index (χ1v) is 8.00. The number of hydrogen-bond donors (Lipinski definition) is 1. The summed E-state index contributed by atoms with van der Waals surface area (Å²) in [5.41, 5.74) is 1.79. The van der Waals surface area contributed by atoms with Gasteiger partial charge in [-0.3, -0.25) is 4.79 Å². The highest BCUT2D eigenvalue weighted by Gasteiger charge is 2.27. The molecule has 1 atom stereocenters. The lowest BCUT2D eigenvalue weighted by atomic mass is 9.95. The van der Waals surface area contributed by atoms with Gasteiger partial charge in [0.1, 0.15) is 0 Å². The van der Waals surface area contributed by atoms with Crippen LogP contribution in [-0.4, -0.2) is 51.4 Å². The summed E-state index contributed by atoms with van der Waals surface area (Å²) in [7, 11) is 8.08. The number of nitrogens with zero attached hydrogens (tertiary/aromatic N) is 2. The van der Waals surface area contributed by atoms with E-state index in [0.717, 1.165) is 5.69 Å². The normalized spacial score (nSPS) is 13.1. The van der Waals surface area contributed by atoms with Crippen LogP contribution >= 0.6 is 11.6 Å². The Bertz CT molecular complexity index is 483. The van der Waals surface area contributed by atoms with Crippen molar-refractivity contribution in [1.82, 2.24) is 10.2 Å². The van der Waals surface area contributed by atoms with Crippen LogP contribution in [0, 0.1) is 5.41 Å². The summed E-state index contributed by atoms with van der Waals surface area (Å²) in [5, 5.41) is 3.02. The maximum absolute atomic E-state index is 12.2. The summed E-state index contributed by atoms with van der Waals surface area (Å²) < 4.78 is 0. The molecular weight excluding hydrogens is 298 g/mol. The molecule has 0 saturated carbocycles. The van der Waals surface area contributed by atoms with E-state index >= 15 is 0 Å². The SMILES string of the molecule is CN(C)c1ccc([C@H](CNC(=O)C(C)(C)CCl)N(C)C)cc1. The zero-order valence-corrected chi connectivity index (χ0v) is 15.2. The van der Waals surface area contributed by atoms with Crippen molar-refractivity contribution in [3.05, 3.63) is 29.8 Å². The molecule has 0 spiro atoms. The predicted molar refractivity (Wildman–Crippen MR) is 94.7 cm³/mol. The van der Waals surface area contributed by atoms with Crippen LogP contribution in [-0.2, 0) is 4.79 Å². The molecule has 0 radical (unpaired) electrons. The van der Waals surface area contributed by atoms with E-state index in [-0.39, 0.29) is 11.9 Å². The van der Waals surface area contributed by atoms with E-state index < -0.39 is 5.41 Å². The quantitative estimate of drug-likeness (QED) is 0.783. The van der Waals surface area contributed by atoms with Gasteiger partial charge in [0.15, 0.2) is 0 Å². The van der Waals surface area contributed by atoms with E-state index in [1.54, 1.807) is 0 Å². The Balaban J connectivity index is 2.80.